The molecule has 402 valence electrons. The first kappa shape index (κ1) is 60.4. The van der Waals surface area contributed by atoms with Gasteiger partial charge in [-0.05, 0) is 63.5 Å². The maximum absolute atomic E-state index is 14.4. The van der Waals surface area contributed by atoms with E-state index in [0.717, 1.165) is 16.0 Å². The molecule has 0 aromatic heterocycles. The number of carbonyl (C=O) groups excluding carboxylic acids is 7. The number of likely N-dealkylation sites (N-methyl/N-ethyl adjacent to an activating group) is 1. The van der Waals surface area contributed by atoms with Crippen LogP contribution < -0.4 is 43.4 Å². The Labute approximate surface area is 431 Å². The number of amides is 7. The average molecular weight is 1030 g/mol. The third-order valence-corrected chi connectivity index (χ3v) is 12.4. The van der Waals surface area contributed by atoms with Gasteiger partial charge < -0.3 is 63.2 Å². The zero-order chi connectivity index (χ0) is 55.1. The average Bonchev–Trinajstić information content (AvgIpc) is 3.36. The molecule has 9 atom stereocenters. The Morgan fingerprint density at radius 3 is 1.99 bits per heavy atom. The van der Waals surface area contributed by atoms with E-state index in [1.165, 1.54) is 27.0 Å². The van der Waals surface area contributed by atoms with E-state index in [-0.39, 0.29) is 50.2 Å². The van der Waals surface area contributed by atoms with Crippen molar-refractivity contribution < 1.29 is 58.1 Å². The quantitative estimate of drug-likeness (QED) is 0.0368. The van der Waals surface area contributed by atoms with Crippen LogP contribution in [0.3, 0.4) is 0 Å². The van der Waals surface area contributed by atoms with Gasteiger partial charge >= 0.3 is 11.9 Å². The summed E-state index contributed by atoms with van der Waals surface area (Å²) in [5, 5.41) is 35.5. The number of methoxy groups -OCH3 is 1. The number of guanidine groups is 1. The van der Waals surface area contributed by atoms with Crippen LogP contribution in [0.1, 0.15) is 77.3 Å². The first-order valence-electron chi connectivity index (χ1n) is 24.3. The number of aliphatic imine (C=N–C) groups is 1. The summed E-state index contributed by atoms with van der Waals surface area (Å²) in [5.41, 5.74) is 13.1. The molecule has 2 aromatic rings. The normalized spacial score (nSPS) is 23.6. The van der Waals surface area contributed by atoms with E-state index >= 15 is 0 Å². The molecule has 0 spiro atoms. The number of hydrogen-bond donors (Lipinski definition) is 10. The Morgan fingerprint density at radius 2 is 1.39 bits per heavy atom. The number of carbonyl (C=O) groups is 9. The largest absolute Gasteiger partial charge is 0.480 e. The van der Waals surface area contributed by atoms with Gasteiger partial charge in [-0.1, -0.05) is 105 Å². The van der Waals surface area contributed by atoms with Crippen molar-refractivity contribution in [3.05, 3.63) is 108 Å². The Morgan fingerprint density at radius 1 is 0.811 bits per heavy atom. The molecule has 1 fully saturated rings. The summed E-state index contributed by atoms with van der Waals surface area (Å²) < 4.78 is 5.82. The lowest BCUT2D eigenvalue weighted by Gasteiger charge is -2.27. The van der Waals surface area contributed by atoms with Crippen LogP contribution in [0, 0.1) is 11.8 Å². The van der Waals surface area contributed by atoms with Gasteiger partial charge in [0.2, 0.25) is 35.4 Å². The summed E-state index contributed by atoms with van der Waals surface area (Å²) in [7, 11) is 2.82. The fourth-order valence-corrected chi connectivity index (χ4v) is 7.78. The number of carboxylic acids is 2. The number of allylic oxidation sites excluding steroid dienone is 2. The van der Waals surface area contributed by atoms with Crippen molar-refractivity contribution in [3.8, 4) is 0 Å². The van der Waals surface area contributed by atoms with Gasteiger partial charge in [0.05, 0.1) is 24.5 Å². The fraction of sp³-hybridized carbons (Fsp3) is 0.462. The van der Waals surface area contributed by atoms with Gasteiger partial charge in [0, 0.05) is 33.0 Å². The second-order valence-corrected chi connectivity index (χ2v) is 18.2. The second-order valence-electron chi connectivity index (χ2n) is 18.2. The number of rotatable bonds is 16. The number of nitrogens with one attached hydrogen (secondary N) is 6. The number of aryl methyl sites for hydroxylation is 1. The molecule has 1 aliphatic rings. The first-order valence-corrected chi connectivity index (χ1v) is 24.3. The summed E-state index contributed by atoms with van der Waals surface area (Å²) >= 11 is 0. The third kappa shape index (κ3) is 20.3. The smallest absolute Gasteiger partial charge is 0.326 e. The summed E-state index contributed by atoms with van der Waals surface area (Å²) in [5.74, 6) is -10.9. The van der Waals surface area contributed by atoms with Gasteiger partial charge in [0.25, 0.3) is 5.91 Å². The molecular formula is C52H72N10O12. The number of nitrogens with two attached hydrogens (primary N) is 2. The van der Waals surface area contributed by atoms with Crippen molar-refractivity contribution in [2.24, 2.45) is 28.3 Å². The lowest BCUT2D eigenvalue weighted by Crippen LogP contribution is -2.56. The highest BCUT2D eigenvalue weighted by atomic mass is 16.5. The van der Waals surface area contributed by atoms with E-state index < -0.39 is 120 Å². The van der Waals surface area contributed by atoms with Crippen molar-refractivity contribution in [1.29, 1.82) is 0 Å². The van der Waals surface area contributed by atoms with Crippen molar-refractivity contribution in [2.45, 2.75) is 121 Å². The highest BCUT2D eigenvalue weighted by Crippen LogP contribution is 2.19. The van der Waals surface area contributed by atoms with Crippen molar-refractivity contribution >= 4 is 59.2 Å². The SMILES string of the molecule is C=C1C(=O)N[C@H](C)C(=O)N[C@@H](CCc2ccccc2)C(=O)N[C@@H](C(=O)O)CC(=O)N[C@@H](CCCN=C(N)N)C(=O)N[C@@H](/C=C/C(C)=C/[C@H](C)[C@H](Cc2ccccc2)OC)[C@H](C)C(=O)N[C@@H](C(=O)O)CCC(=O)N1C. The molecule has 1 aliphatic heterocycles. The third-order valence-electron chi connectivity index (χ3n) is 12.4. The van der Waals surface area contributed by atoms with E-state index in [9.17, 15) is 53.4 Å². The fourth-order valence-electron chi connectivity index (χ4n) is 7.78. The van der Waals surface area contributed by atoms with Gasteiger partial charge in [-0.25, -0.2) is 9.59 Å². The number of hydrogen-bond acceptors (Lipinski definition) is 11. The van der Waals surface area contributed by atoms with Crippen LogP contribution in [0.5, 0.6) is 0 Å². The lowest BCUT2D eigenvalue weighted by atomic mass is 9.94. The van der Waals surface area contributed by atoms with Crippen LogP contribution in [0.25, 0.3) is 0 Å². The number of ether oxygens (including phenoxy) is 1. The Hall–Kier alpha value is -7.88. The van der Waals surface area contributed by atoms with Crippen molar-refractivity contribution in [1.82, 2.24) is 36.8 Å². The molecule has 0 bridgehead atoms. The van der Waals surface area contributed by atoms with Crippen LogP contribution in [-0.4, -0.2) is 137 Å². The summed E-state index contributed by atoms with van der Waals surface area (Å²) in [4.78, 5) is 126. The van der Waals surface area contributed by atoms with E-state index in [0.29, 0.717) is 12.0 Å². The monoisotopic (exact) mass is 1030 g/mol. The number of aliphatic carboxylic acids is 2. The molecular weight excluding hydrogens is 957 g/mol. The maximum Gasteiger partial charge on any atom is 0.326 e. The molecule has 0 radical (unpaired) electrons. The maximum atomic E-state index is 14.4. The second kappa shape index (κ2) is 30.2. The van der Waals surface area contributed by atoms with Gasteiger partial charge in [-0.3, -0.25) is 38.6 Å². The predicted octanol–water partition coefficient (Wildman–Crippen LogP) is 0.959. The predicted molar refractivity (Wildman–Crippen MR) is 275 cm³/mol. The molecule has 3 rings (SSSR count). The molecule has 1 heterocycles. The zero-order valence-electron chi connectivity index (χ0n) is 42.8. The molecule has 0 aliphatic carbocycles. The molecule has 22 heteroatoms. The van der Waals surface area contributed by atoms with Gasteiger partial charge in [-0.15, -0.1) is 0 Å². The van der Waals surface area contributed by atoms with E-state index in [1.807, 2.05) is 43.3 Å². The molecule has 74 heavy (non-hydrogen) atoms. The number of carboxylic acid groups (broad SMARTS) is 2. The van der Waals surface area contributed by atoms with Gasteiger partial charge in [0.15, 0.2) is 5.96 Å². The minimum absolute atomic E-state index is 0.0220. The van der Waals surface area contributed by atoms with E-state index in [4.69, 9.17) is 16.2 Å². The Balaban J connectivity index is 2.09. The van der Waals surface area contributed by atoms with E-state index in [1.54, 1.807) is 50.4 Å². The van der Waals surface area contributed by atoms with Crippen LogP contribution in [-0.2, 0) is 60.7 Å². The Kier molecular flexibility index (Phi) is 24.7. The van der Waals surface area contributed by atoms with Crippen molar-refractivity contribution in [2.75, 3.05) is 20.7 Å². The molecule has 2 aromatic carbocycles. The topological polar surface area (TPSA) is 343 Å². The number of nitrogens with zero attached hydrogens (tertiary/aromatic N) is 2. The summed E-state index contributed by atoms with van der Waals surface area (Å²) in [6.45, 7) is 10.2. The van der Waals surface area contributed by atoms with Crippen molar-refractivity contribution in [3.63, 3.8) is 0 Å². The molecule has 0 unspecified atom stereocenters. The minimum atomic E-state index is -1.88. The zero-order valence-corrected chi connectivity index (χ0v) is 42.8. The van der Waals surface area contributed by atoms with E-state index in [2.05, 4.69) is 43.5 Å². The molecule has 22 nitrogen and oxygen atoms in total. The minimum Gasteiger partial charge on any atom is -0.480 e. The standard InChI is InChI=1S/C52H72N10O12/c1-30(27-31(2)42(74-7)28-36-17-12-9-13-18-36)20-22-37-32(3)45(65)60-40(50(70)71)24-25-44(64)62(6)34(5)47(67)56-33(4)46(66)59-39(23-21-35-15-10-8-11-16-35)49(69)61-41(51(72)73)29-43(63)57-38(48(68)58-37)19-14-26-55-52(53)54/h8-13,15-18,20,22,27,31-33,37-42H,5,14,19,21,23-26,28-29H2,1-4,6-7H3,(H,56,67)(H,57,63)(H,58,68)(H,59,66)(H,60,65)(H,61,69)(H,70,71)(H,72,73)(H4,53,54,55)/b22-20+,30-27+/t31-,32-,33+,37-,38-,39-,40+,41+,42-/m0/s1. The molecule has 12 N–H and O–H groups in total. The first-order chi connectivity index (χ1) is 35.0. The summed E-state index contributed by atoms with van der Waals surface area (Å²) in [6.07, 6.45) is 3.91. The van der Waals surface area contributed by atoms with Gasteiger partial charge in [0.1, 0.15) is 35.9 Å². The number of benzene rings is 2. The molecule has 7 amide bonds. The van der Waals surface area contributed by atoms with Gasteiger partial charge in [-0.2, -0.15) is 0 Å². The lowest BCUT2D eigenvalue weighted by molar-refractivity contribution is -0.144. The Bertz CT molecular complexity index is 2390. The summed E-state index contributed by atoms with van der Waals surface area (Å²) in [6, 6.07) is 9.80. The highest BCUT2D eigenvalue weighted by molar-refractivity contribution is 6.00. The van der Waals surface area contributed by atoms with Crippen LogP contribution in [0.4, 0.5) is 0 Å². The molecule has 0 saturated carbocycles. The highest BCUT2D eigenvalue weighted by Gasteiger charge is 2.34. The van der Waals surface area contributed by atoms with Crippen LogP contribution in [0.15, 0.2) is 102 Å². The molecule has 1 saturated heterocycles. The van der Waals surface area contributed by atoms with Crippen LogP contribution in [0.2, 0.25) is 0 Å². The van der Waals surface area contributed by atoms with Crippen LogP contribution >= 0.6 is 0 Å².